The maximum Gasteiger partial charge on any atom is 0.251 e. The van der Waals surface area contributed by atoms with Crippen LogP contribution in [0.5, 0.6) is 0 Å². The Hall–Kier alpha value is -1.13. The molecule has 0 saturated heterocycles. The zero-order valence-corrected chi connectivity index (χ0v) is 13.6. The highest BCUT2D eigenvalue weighted by molar-refractivity contribution is 6.29. The molecule has 2 rings (SSSR count). The first-order valence-electron chi connectivity index (χ1n) is 7.34. The number of rotatable bonds is 3. The molecule has 1 amide bonds. The van der Waals surface area contributed by atoms with E-state index >= 15 is 0 Å². The number of carbonyl (C=O) groups is 1. The van der Waals surface area contributed by atoms with Crippen molar-refractivity contribution >= 4 is 17.5 Å². The molecule has 1 aromatic heterocycles. The summed E-state index contributed by atoms with van der Waals surface area (Å²) < 4.78 is 0. The van der Waals surface area contributed by atoms with Crippen LogP contribution in [0.3, 0.4) is 0 Å². The van der Waals surface area contributed by atoms with Gasteiger partial charge in [0.25, 0.3) is 5.91 Å². The quantitative estimate of drug-likeness (QED) is 0.843. The van der Waals surface area contributed by atoms with E-state index in [9.17, 15) is 9.90 Å². The van der Waals surface area contributed by atoms with E-state index in [4.69, 9.17) is 11.6 Å². The molecule has 1 aromatic rings. The van der Waals surface area contributed by atoms with E-state index in [1.807, 2.05) is 0 Å². The standard InChI is InChI=1S/C16H23ClN2O2/c1-11-8-12(9-13(17)19-11)14(20)18-10-16(21)6-4-15(2,3)5-7-16/h8-9,21H,4-7,10H2,1-3H3,(H,18,20). The fourth-order valence-corrected chi connectivity index (χ4v) is 2.93. The van der Waals surface area contributed by atoms with Crippen LogP contribution in [-0.4, -0.2) is 28.1 Å². The van der Waals surface area contributed by atoms with E-state index in [2.05, 4.69) is 24.1 Å². The van der Waals surface area contributed by atoms with Gasteiger partial charge in [-0.1, -0.05) is 25.4 Å². The molecule has 1 fully saturated rings. The van der Waals surface area contributed by atoms with E-state index in [-0.39, 0.29) is 17.9 Å². The lowest BCUT2D eigenvalue weighted by molar-refractivity contribution is -0.0233. The SMILES string of the molecule is Cc1cc(C(=O)NCC2(O)CCC(C)(C)CC2)cc(Cl)n1. The average molecular weight is 311 g/mol. The molecule has 1 saturated carbocycles. The summed E-state index contributed by atoms with van der Waals surface area (Å²) in [6.07, 6.45) is 3.38. The molecule has 0 spiro atoms. The van der Waals surface area contributed by atoms with Crippen molar-refractivity contribution in [3.8, 4) is 0 Å². The summed E-state index contributed by atoms with van der Waals surface area (Å²) in [6, 6.07) is 3.23. The van der Waals surface area contributed by atoms with Gasteiger partial charge < -0.3 is 10.4 Å². The van der Waals surface area contributed by atoms with Crippen LogP contribution in [0.1, 0.15) is 55.6 Å². The zero-order valence-electron chi connectivity index (χ0n) is 12.9. The normalized spacial score (nSPS) is 20.0. The number of carbonyl (C=O) groups excluding carboxylic acids is 1. The molecule has 4 nitrogen and oxygen atoms in total. The van der Waals surface area contributed by atoms with Gasteiger partial charge in [0.15, 0.2) is 0 Å². The lowest BCUT2D eigenvalue weighted by atomic mass is 9.71. The molecule has 1 aliphatic carbocycles. The fraction of sp³-hybridized carbons (Fsp3) is 0.625. The summed E-state index contributed by atoms with van der Waals surface area (Å²) >= 11 is 5.86. The predicted molar refractivity (Wildman–Crippen MR) is 83.5 cm³/mol. The van der Waals surface area contributed by atoms with E-state index in [1.54, 1.807) is 13.0 Å². The maximum atomic E-state index is 12.2. The molecular formula is C16H23ClN2O2. The van der Waals surface area contributed by atoms with Gasteiger partial charge in [-0.3, -0.25) is 4.79 Å². The zero-order chi connectivity index (χ0) is 15.7. The molecule has 0 aromatic carbocycles. The highest BCUT2D eigenvalue weighted by Gasteiger charge is 2.36. The summed E-state index contributed by atoms with van der Waals surface area (Å²) in [5.41, 5.74) is 0.668. The van der Waals surface area contributed by atoms with Gasteiger partial charge in [-0.2, -0.15) is 0 Å². The lowest BCUT2D eigenvalue weighted by Crippen LogP contribution is -2.46. The third-order valence-corrected chi connectivity index (χ3v) is 4.49. The Morgan fingerprint density at radius 2 is 1.95 bits per heavy atom. The van der Waals surface area contributed by atoms with Crippen LogP contribution in [0, 0.1) is 12.3 Å². The number of halogens is 1. The minimum absolute atomic E-state index is 0.222. The number of hydrogen-bond acceptors (Lipinski definition) is 3. The van der Waals surface area contributed by atoms with Gasteiger partial charge in [0.1, 0.15) is 5.15 Å². The minimum Gasteiger partial charge on any atom is -0.388 e. The van der Waals surface area contributed by atoms with E-state index in [1.165, 1.54) is 6.07 Å². The Morgan fingerprint density at radius 1 is 1.33 bits per heavy atom. The largest absolute Gasteiger partial charge is 0.388 e. The molecule has 0 radical (unpaired) electrons. The average Bonchev–Trinajstić information content (AvgIpc) is 2.39. The summed E-state index contributed by atoms with van der Waals surface area (Å²) in [7, 11) is 0. The molecule has 1 aliphatic rings. The highest BCUT2D eigenvalue weighted by Crippen LogP contribution is 2.39. The van der Waals surface area contributed by atoms with Crippen molar-refractivity contribution in [2.24, 2.45) is 5.41 Å². The van der Waals surface area contributed by atoms with Crippen molar-refractivity contribution in [2.45, 2.75) is 52.1 Å². The number of pyridine rings is 1. The second-order valence-corrected chi connectivity index (χ2v) is 7.28. The van der Waals surface area contributed by atoms with E-state index in [0.29, 0.717) is 16.4 Å². The van der Waals surface area contributed by atoms with Crippen molar-refractivity contribution in [1.82, 2.24) is 10.3 Å². The Kier molecular flexibility index (Phi) is 4.59. The third kappa shape index (κ3) is 4.42. The highest BCUT2D eigenvalue weighted by atomic mass is 35.5. The second kappa shape index (κ2) is 5.93. The topological polar surface area (TPSA) is 62.2 Å². The van der Waals surface area contributed by atoms with Crippen molar-refractivity contribution in [2.75, 3.05) is 6.54 Å². The lowest BCUT2D eigenvalue weighted by Gasteiger charge is -2.40. The first kappa shape index (κ1) is 16.2. The third-order valence-electron chi connectivity index (χ3n) is 4.30. The molecule has 116 valence electrons. The molecule has 21 heavy (non-hydrogen) atoms. The number of aliphatic hydroxyl groups is 1. The van der Waals surface area contributed by atoms with E-state index in [0.717, 1.165) is 25.7 Å². The number of aromatic nitrogens is 1. The van der Waals surface area contributed by atoms with Crippen molar-refractivity contribution < 1.29 is 9.90 Å². The monoisotopic (exact) mass is 310 g/mol. The number of aryl methyl sites for hydroxylation is 1. The number of nitrogens with zero attached hydrogens (tertiary/aromatic N) is 1. The van der Waals surface area contributed by atoms with Crippen molar-refractivity contribution in [3.63, 3.8) is 0 Å². The van der Waals surface area contributed by atoms with Crippen LogP contribution in [0.25, 0.3) is 0 Å². The summed E-state index contributed by atoms with van der Waals surface area (Å²) in [4.78, 5) is 16.2. The van der Waals surface area contributed by atoms with Gasteiger partial charge in [-0.25, -0.2) is 4.98 Å². The number of amides is 1. The summed E-state index contributed by atoms with van der Waals surface area (Å²) in [5, 5.41) is 13.7. The van der Waals surface area contributed by atoms with Crippen LogP contribution in [0.15, 0.2) is 12.1 Å². The Balaban J connectivity index is 1.95. The van der Waals surface area contributed by atoms with Gasteiger partial charge in [0.05, 0.1) is 5.60 Å². The van der Waals surface area contributed by atoms with Crippen LogP contribution in [0.2, 0.25) is 5.15 Å². The molecule has 1 heterocycles. The molecule has 0 unspecified atom stereocenters. The second-order valence-electron chi connectivity index (χ2n) is 6.89. The van der Waals surface area contributed by atoms with Crippen LogP contribution in [0.4, 0.5) is 0 Å². The number of nitrogens with one attached hydrogen (secondary N) is 1. The minimum atomic E-state index is -0.795. The van der Waals surface area contributed by atoms with Gasteiger partial charge in [0.2, 0.25) is 0 Å². The molecule has 2 N–H and O–H groups in total. The maximum absolute atomic E-state index is 12.2. The Bertz CT molecular complexity index is 513. The van der Waals surface area contributed by atoms with Crippen molar-refractivity contribution in [3.05, 3.63) is 28.5 Å². The van der Waals surface area contributed by atoms with Gasteiger partial charge in [-0.05, 0) is 50.2 Å². The predicted octanol–water partition coefficient (Wildman–Crippen LogP) is 3.10. The fourth-order valence-electron chi connectivity index (χ4n) is 2.67. The van der Waals surface area contributed by atoms with Crippen molar-refractivity contribution in [1.29, 1.82) is 0 Å². The summed E-state index contributed by atoms with van der Waals surface area (Å²) in [5.74, 6) is -0.222. The molecule has 5 heteroatoms. The number of hydrogen-bond donors (Lipinski definition) is 2. The van der Waals surface area contributed by atoms with Crippen LogP contribution >= 0.6 is 11.6 Å². The summed E-state index contributed by atoms with van der Waals surface area (Å²) in [6.45, 7) is 6.50. The van der Waals surface area contributed by atoms with E-state index < -0.39 is 5.60 Å². The van der Waals surface area contributed by atoms with Gasteiger partial charge in [0, 0.05) is 17.8 Å². The first-order valence-corrected chi connectivity index (χ1v) is 7.72. The first-order chi connectivity index (χ1) is 9.69. The Morgan fingerprint density at radius 3 is 2.52 bits per heavy atom. The molecule has 0 bridgehead atoms. The Labute approximate surface area is 130 Å². The van der Waals surface area contributed by atoms with Gasteiger partial charge >= 0.3 is 0 Å². The molecule has 0 aliphatic heterocycles. The molecule has 0 atom stereocenters. The van der Waals surface area contributed by atoms with Crippen LogP contribution < -0.4 is 5.32 Å². The van der Waals surface area contributed by atoms with Gasteiger partial charge in [-0.15, -0.1) is 0 Å². The smallest absolute Gasteiger partial charge is 0.251 e. The van der Waals surface area contributed by atoms with Crippen LogP contribution in [-0.2, 0) is 0 Å². The molecular weight excluding hydrogens is 288 g/mol.